The van der Waals surface area contributed by atoms with Gasteiger partial charge in [-0.3, -0.25) is 0 Å². The number of rotatable bonds is 6. The summed E-state index contributed by atoms with van der Waals surface area (Å²) < 4.78 is 13.9. The molecule has 0 spiro atoms. The number of hydrogen-bond donors (Lipinski definition) is 1. The number of nitrogens with one attached hydrogen (secondary N) is 1. The van der Waals surface area contributed by atoms with E-state index in [0.29, 0.717) is 0 Å². The van der Waals surface area contributed by atoms with Crippen LogP contribution in [-0.4, -0.2) is 31.1 Å². The van der Waals surface area contributed by atoms with E-state index in [9.17, 15) is 4.39 Å². The van der Waals surface area contributed by atoms with Crippen LogP contribution in [0.2, 0.25) is 0 Å². The van der Waals surface area contributed by atoms with Gasteiger partial charge in [-0.2, -0.15) is 0 Å². The summed E-state index contributed by atoms with van der Waals surface area (Å²) in [6.07, 6.45) is 3.84. The molecule has 1 saturated heterocycles. The van der Waals surface area contributed by atoms with E-state index in [-0.39, 0.29) is 11.9 Å². The van der Waals surface area contributed by atoms with Gasteiger partial charge < -0.3 is 10.2 Å². The first-order valence-electron chi connectivity index (χ1n) is 7.97. The van der Waals surface area contributed by atoms with Crippen molar-refractivity contribution in [1.29, 1.82) is 0 Å². The Kier molecular flexibility index (Phi) is 6.65. The summed E-state index contributed by atoms with van der Waals surface area (Å²) in [5, 5.41) is 3.53. The lowest BCUT2D eigenvalue weighted by atomic mass is 9.99. The van der Waals surface area contributed by atoms with Crippen LogP contribution in [0.3, 0.4) is 0 Å². The van der Waals surface area contributed by atoms with E-state index < -0.39 is 0 Å². The molecule has 1 aromatic carbocycles. The maximum Gasteiger partial charge on any atom is 0.124 e. The Balaban J connectivity index is 1.68. The number of nitrogens with zero attached hydrogens (tertiary/aromatic N) is 1. The van der Waals surface area contributed by atoms with E-state index in [1.54, 1.807) is 0 Å². The number of piperidine rings is 1. The Bertz CT molecular complexity index is 444. The topological polar surface area (TPSA) is 15.3 Å². The fourth-order valence-electron chi connectivity index (χ4n) is 2.87. The zero-order chi connectivity index (χ0) is 15.2. The Labute approximate surface area is 136 Å². The highest BCUT2D eigenvalue weighted by atomic mass is 79.9. The molecular weight excluding hydrogens is 331 g/mol. The van der Waals surface area contributed by atoms with Gasteiger partial charge in [0.15, 0.2) is 0 Å². The van der Waals surface area contributed by atoms with Gasteiger partial charge in [-0.15, -0.1) is 0 Å². The number of hydrogen-bond acceptors (Lipinski definition) is 2. The van der Waals surface area contributed by atoms with Crippen LogP contribution >= 0.6 is 15.9 Å². The van der Waals surface area contributed by atoms with Crippen molar-refractivity contribution in [2.24, 2.45) is 5.92 Å². The smallest absolute Gasteiger partial charge is 0.124 e. The van der Waals surface area contributed by atoms with E-state index in [4.69, 9.17) is 0 Å². The number of halogens is 2. The van der Waals surface area contributed by atoms with Gasteiger partial charge in [0.2, 0.25) is 0 Å². The van der Waals surface area contributed by atoms with Crippen molar-refractivity contribution in [3.8, 4) is 0 Å². The second-order valence-electron chi connectivity index (χ2n) is 6.22. The summed E-state index contributed by atoms with van der Waals surface area (Å²) in [5.74, 6) is 0.701. The van der Waals surface area contributed by atoms with Crippen LogP contribution < -0.4 is 5.32 Å². The highest BCUT2D eigenvalue weighted by Gasteiger charge is 2.15. The molecule has 1 unspecified atom stereocenters. The average molecular weight is 357 g/mol. The quantitative estimate of drug-likeness (QED) is 0.761. The minimum Gasteiger partial charge on any atom is -0.310 e. The van der Waals surface area contributed by atoms with Crippen LogP contribution in [0.5, 0.6) is 0 Å². The van der Waals surface area contributed by atoms with Gasteiger partial charge in [0.1, 0.15) is 5.82 Å². The molecule has 1 aliphatic heterocycles. The predicted octanol–water partition coefficient (Wildman–Crippen LogP) is 4.36. The molecule has 0 bridgehead atoms. The largest absolute Gasteiger partial charge is 0.310 e. The molecule has 4 heteroatoms. The fraction of sp³-hybridized carbons (Fsp3) is 0.647. The third-order valence-corrected chi connectivity index (χ3v) is 5.09. The van der Waals surface area contributed by atoms with E-state index in [0.717, 1.165) is 28.9 Å². The molecule has 0 radical (unpaired) electrons. The second kappa shape index (κ2) is 8.25. The Morgan fingerprint density at radius 2 is 2.10 bits per heavy atom. The first-order chi connectivity index (χ1) is 10.1. The van der Waals surface area contributed by atoms with Crippen LogP contribution in [0.25, 0.3) is 0 Å². The molecule has 1 aliphatic rings. The van der Waals surface area contributed by atoms with Crippen molar-refractivity contribution < 1.29 is 4.39 Å². The zero-order valence-electron chi connectivity index (χ0n) is 13.0. The van der Waals surface area contributed by atoms with E-state index in [1.807, 2.05) is 6.07 Å². The SMILES string of the molecule is CC1CCN(CCCNC(C)c2ccc(F)cc2Br)CC1. The molecule has 1 N–H and O–H groups in total. The summed E-state index contributed by atoms with van der Waals surface area (Å²) in [6, 6.07) is 5.14. The first kappa shape index (κ1) is 16.9. The lowest BCUT2D eigenvalue weighted by Gasteiger charge is -2.30. The standard InChI is InChI=1S/C17H26BrFN2/c1-13-6-10-21(11-7-13)9-3-8-20-14(2)16-5-4-15(19)12-17(16)18/h4-5,12-14,20H,3,6-11H2,1-2H3. The van der Waals surface area contributed by atoms with Crippen LogP contribution in [0.15, 0.2) is 22.7 Å². The summed E-state index contributed by atoms with van der Waals surface area (Å²) >= 11 is 3.44. The summed E-state index contributed by atoms with van der Waals surface area (Å²) in [7, 11) is 0. The maximum atomic E-state index is 13.1. The van der Waals surface area contributed by atoms with E-state index >= 15 is 0 Å². The zero-order valence-corrected chi connectivity index (χ0v) is 14.6. The summed E-state index contributed by atoms with van der Waals surface area (Å²) in [5.41, 5.74) is 1.11. The van der Waals surface area contributed by atoms with E-state index in [2.05, 4.69) is 40.0 Å². The van der Waals surface area contributed by atoms with Crippen molar-refractivity contribution in [2.75, 3.05) is 26.2 Å². The van der Waals surface area contributed by atoms with Crippen LogP contribution in [0.4, 0.5) is 4.39 Å². The monoisotopic (exact) mass is 356 g/mol. The fourth-order valence-corrected chi connectivity index (χ4v) is 3.56. The van der Waals surface area contributed by atoms with Crippen molar-refractivity contribution in [1.82, 2.24) is 10.2 Å². The van der Waals surface area contributed by atoms with Crippen molar-refractivity contribution >= 4 is 15.9 Å². The first-order valence-corrected chi connectivity index (χ1v) is 8.76. The van der Waals surface area contributed by atoms with Gasteiger partial charge in [-0.1, -0.05) is 28.9 Å². The van der Waals surface area contributed by atoms with Crippen LogP contribution in [0.1, 0.15) is 44.7 Å². The molecule has 2 rings (SSSR count). The molecule has 0 aliphatic carbocycles. The van der Waals surface area contributed by atoms with Crippen LogP contribution in [0, 0.1) is 11.7 Å². The van der Waals surface area contributed by atoms with Crippen molar-refractivity contribution in [2.45, 2.75) is 39.2 Å². The molecule has 2 nitrogen and oxygen atoms in total. The molecule has 0 aromatic heterocycles. The number of benzene rings is 1. The third-order valence-electron chi connectivity index (χ3n) is 4.41. The minimum atomic E-state index is -0.197. The molecule has 118 valence electrons. The lowest BCUT2D eigenvalue weighted by Crippen LogP contribution is -2.35. The van der Waals surface area contributed by atoms with Crippen molar-refractivity contribution in [3.05, 3.63) is 34.1 Å². The van der Waals surface area contributed by atoms with Gasteiger partial charge in [0.25, 0.3) is 0 Å². The average Bonchev–Trinajstić information content (AvgIpc) is 2.45. The molecule has 1 aromatic rings. The van der Waals surface area contributed by atoms with Crippen molar-refractivity contribution in [3.63, 3.8) is 0 Å². The molecular formula is C17H26BrFN2. The summed E-state index contributed by atoms with van der Waals surface area (Å²) in [6.45, 7) is 9.15. The van der Waals surface area contributed by atoms with E-state index in [1.165, 1.54) is 44.6 Å². The van der Waals surface area contributed by atoms with Gasteiger partial charge >= 0.3 is 0 Å². The van der Waals surface area contributed by atoms with Gasteiger partial charge in [0.05, 0.1) is 0 Å². The molecule has 21 heavy (non-hydrogen) atoms. The molecule has 0 saturated carbocycles. The highest BCUT2D eigenvalue weighted by molar-refractivity contribution is 9.10. The molecule has 1 atom stereocenters. The predicted molar refractivity (Wildman–Crippen MR) is 90.0 cm³/mol. The van der Waals surface area contributed by atoms with Crippen LogP contribution in [-0.2, 0) is 0 Å². The molecule has 0 amide bonds. The molecule has 1 fully saturated rings. The second-order valence-corrected chi connectivity index (χ2v) is 7.07. The third kappa shape index (κ3) is 5.35. The van der Waals surface area contributed by atoms with Gasteiger partial charge in [-0.05, 0) is 76.0 Å². The Morgan fingerprint density at radius 1 is 1.38 bits per heavy atom. The molecule has 1 heterocycles. The maximum absolute atomic E-state index is 13.1. The minimum absolute atomic E-state index is 0.197. The Morgan fingerprint density at radius 3 is 2.76 bits per heavy atom. The van der Waals surface area contributed by atoms with Gasteiger partial charge in [-0.25, -0.2) is 4.39 Å². The normalized spacial score (nSPS) is 18.9. The van der Waals surface area contributed by atoms with Gasteiger partial charge in [0, 0.05) is 10.5 Å². The summed E-state index contributed by atoms with van der Waals surface area (Å²) in [4.78, 5) is 2.57. The highest BCUT2D eigenvalue weighted by Crippen LogP contribution is 2.24. The lowest BCUT2D eigenvalue weighted by molar-refractivity contribution is 0.190. The number of likely N-dealkylation sites (tertiary alicyclic amines) is 1. The Hall–Kier alpha value is -0.450.